The summed E-state index contributed by atoms with van der Waals surface area (Å²) in [4.78, 5) is 24.0. The van der Waals surface area contributed by atoms with Crippen molar-refractivity contribution in [2.75, 3.05) is 37.7 Å². The van der Waals surface area contributed by atoms with Gasteiger partial charge in [-0.1, -0.05) is 18.2 Å². The predicted molar refractivity (Wildman–Crippen MR) is 131 cm³/mol. The molecule has 1 atom stereocenters. The quantitative estimate of drug-likeness (QED) is 0.405. The van der Waals surface area contributed by atoms with Gasteiger partial charge in [0.05, 0.1) is 18.8 Å². The molecule has 4 aromatic rings. The number of carbonyl (C=O) groups excluding carboxylic acids is 1. The number of aliphatic hydroxyl groups excluding tert-OH is 1. The highest BCUT2D eigenvalue weighted by molar-refractivity contribution is 5.92. The number of pyridine rings is 1. The summed E-state index contributed by atoms with van der Waals surface area (Å²) >= 11 is 0. The number of amides is 2. The van der Waals surface area contributed by atoms with Gasteiger partial charge in [0, 0.05) is 55.9 Å². The van der Waals surface area contributed by atoms with E-state index in [0.29, 0.717) is 43.1 Å². The molecule has 194 valence electrons. The highest BCUT2D eigenvalue weighted by Gasteiger charge is 2.28. The fourth-order valence-electron chi connectivity index (χ4n) is 4.36. The van der Waals surface area contributed by atoms with Crippen molar-refractivity contribution >= 4 is 17.4 Å². The van der Waals surface area contributed by atoms with Gasteiger partial charge in [-0.3, -0.25) is 9.80 Å². The third-order valence-electron chi connectivity index (χ3n) is 6.48. The Kier molecular flexibility index (Phi) is 7.10. The van der Waals surface area contributed by atoms with E-state index in [1.165, 1.54) is 0 Å². The first-order valence-electron chi connectivity index (χ1n) is 12.0. The molecule has 2 amide bonds. The van der Waals surface area contributed by atoms with Crippen molar-refractivity contribution < 1.29 is 23.1 Å². The molecule has 0 saturated carbocycles. The molecule has 1 saturated heterocycles. The van der Waals surface area contributed by atoms with Crippen LogP contribution in [-0.4, -0.2) is 79.3 Å². The largest absolute Gasteiger partial charge is 0.415 e. The molecule has 5 rings (SSSR count). The lowest BCUT2D eigenvalue weighted by Gasteiger charge is -2.39. The SMILES string of the molecule is CC(CO)N1CCN(C(=O)N(Cc2cn3ccc(-c4nnc(C(F)F)o4)cc3n2)c2ccccc2)CC1. The molecule has 1 fully saturated rings. The Balaban J connectivity index is 1.37. The number of para-hydroxylation sites is 1. The van der Waals surface area contributed by atoms with Crippen LogP contribution in [0, 0.1) is 0 Å². The Labute approximate surface area is 211 Å². The van der Waals surface area contributed by atoms with Crippen LogP contribution in [0.1, 0.15) is 24.9 Å². The monoisotopic (exact) mass is 511 g/mol. The highest BCUT2D eigenvalue weighted by Crippen LogP contribution is 2.25. The lowest BCUT2D eigenvalue weighted by molar-refractivity contribution is 0.0854. The van der Waals surface area contributed by atoms with E-state index in [9.17, 15) is 18.7 Å². The van der Waals surface area contributed by atoms with E-state index in [-0.39, 0.29) is 31.1 Å². The third-order valence-corrected chi connectivity index (χ3v) is 6.48. The van der Waals surface area contributed by atoms with Crippen molar-refractivity contribution in [1.29, 1.82) is 0 Å². The average Bonchev–Trinajstić information content (AvgIpc) is 3.58. The van der Waals surface area contributed by atoms with Crippen LogP contribution in [-0.2, 0) is 6.54 Å². The molecular weight excluding hydrogens is 484 g/mol. The number of fused-ring (bicyclic) bond motifs is 1. The van der Waals surface area contributed by atoms with Gasteiger partial charge < -0.3 is 18.8 Å². The first-order valence-corrected chi connectivity index (χ1v) is 12.0. The number of alkyl halides is 2. The van der Waals surface area contributed by atoms with Gasteiger partial charge >= 0.3 is 12.5 Å². The summed E-state index contributed by atoms with van der Waals surface area (Å²) in [6, 6.07) is 12.7. The minimum Gasteiger partial charge on any atom is -0.415 e. The normalized spacial score (nSPS) is 15.4. The molecule has 3 aromatic heterocycles. The summed E-state index contributed by atoms with van der Waals surface area (Å²) in [5.74, 6) is -0.749. The number of hydrogen-bond acceptors (Lipinski definition) is 7. The lowest BCUT2D eigenvalue weighted by Crippen LogP contribution is -2.55. The molecule has 1 aliphatic rings. The Morgan fingerprint density at radius 1 is 1.14 bits per heavy atom. The van der Waals surface area contributed by atoms with Gasteiger partial charge in [0.25, 0.3) is 5.89 Å². The minimum absolute atomic E-state index is 0.0156. The predicted octanol–water partition coefficient (Wildman–Crippen LogP) is 3.45. The molecule has 1 aromatic carbocycles. The van der Waals surface area contributed by atoms with Crippen molar-refractivity contribution in [3.05, 3.63) is 66.4 Å². The molecule has 10 nitrogen and oxygen atoms in total. The number of aliphatic hydroxyl groups is 1. The molecule has 0 bridgehead atoms. The number of benzene rings is 1. The lowest BCUT2D eigenvalue weighted by atomic mass is 10.2. The number of aromatic nitrogens is 4. The van der Waals surface area contributed by atoms with Gasteiger partial charge in [0.1, 0.15) is 5.65 Å². The van der Waals surface area contributed by atoms with Gasteiger partial charge in [0.2, 0.25) is 5.89 Å². The van der Waals surface area contributed by atoms with E-state index >= 15 is 0 Å². The zero-order valence-electron chi connectivity index (χ0n) is 20.2. The number of urea groups is 1. The molecule has 12 heteroatoms. The number of anilines is 1. The molecule has 0 aliphatic carbocycles. The third kappa shape index (κ3) is 5.30. The van der Waals surface area contributed by atoms with Gasteiger partial charge in [-0.05, 0) is 31.2 Å². The van der Waals surface area contributed by atoms with Gasteiger partial charge in [-0.15, -0.1) is 10.2 Å². The topological polar surface area (TPSA) is 103 Å². The fraction of sp³-hybridized carbons (Fsp3) is 0.360. The maximum absolute atomic E-state index is 13.6. The van der Waals surface area contributed by atoms with Gasteiger partial charge in [-0.25, -0.2) is 9.78 Å². The highest BCUT2D eigenvalue weighted by atomic mass is 19.3. The van der Waals surface area contributed by atoms with Crippen molar-refractivity contribution in [3.63, 3.8) is 0 Å². The summed E-state index contributed by atoms with van der Waals surface area (Å²) in [6.45, 7) is 4.80. The summed E-state index contributed by atoms with van der Waals surface area (Å²) in [5.41, 5.74) is 2.42. The summed E-state index contributed by atoms with van der Waals surface area (Å²) in [5, 5.41) is 16.5. The number of nitrogens with zero attached hydrogens (tertiary/aromatic N) is 7. The van der Waals surface area contributed by atoms with Gasteiger partial charge in [0.15, 0.2) is 0 Å². The van der Waals surface area contributed by atoms with E-state index in [0.717, 1.165) is 5.69 Å². The molecule has 1 aliphatic heterocycles. The summed E-state index contributed by atoms with van der Waals surface area (Å²) in [7, 11) is 0. The standard InChI is InChI=1S/C25H27F2N7O3/c1-17(16-35)31-9-11-32(12-10-31)25(36)34(20-5-3-2-4-6-20)15-19-14-33-8-7-18(13-21(33)28-19)23-29-30-24(37-23)22(26)27/h2-8,13-14,17,22,35H,9-12,15-16H2,1H3. The van der Waals surface area contributed by atoms with E-state index < -0.39 is 12.3 Å². The Morgan fingerprint density at radius 3 is 2.57 bits per heavy atom. The molecule has 0 spiro atoms. The number of piperazine rings is 1. The van der Waals surface area contributed by atoms with E-state index in [1.54, 1.807) is 27.6 Å². The van der Waals surface area contributed by atoms with Crippen molar-refractivity contribution in [1.82, 2.24) is 29.4 Å². The van der Waals surface area contributed by atoms with Crippen LogP contribution < -0.4 is 4.90 Å². The number of imidazole rings is 1. The maximum atomic E-state index is 13.6. The van der Waals surface area contributed by atoms with E-state index in [1.807, 2.05) is 48.4 Å². The van der Waals surface area contributed by atoms with Crippen LogP contribution in [0.3, 0.4) is 0 Å². The summed E-state index contributed by atoms with van der Waals surface area (Å²) < 4.78 is 32.5. The molecule has 1 unspecified atom stereocenters. The first-order chi connectivity index (χ1) is 17.9. The number of carbonyl (C=O) groups is 1. The van der Waals surface area contributed by atoms with Crippen LogP contribution in [0.4, 0.5) is 19.3 Å². The van der Waals surface area contributed by atoms with Crippen LogP contribution in [0.2, 0.25) is 0 Å². The second-order valence-corrected chi connectivity index (χ2v) is 8.92. The second-order valence-electron chi connectivity index (χ2n) is 8.92. The average molecular weight is 512 g/mol. The number of hydrogen-bond donors (Lipinski definition) is 1. The van der Waals surface area contributed by atoms with Crippen molar-refractivity contribution in [3.8, 4) is 11.5 Å². The minimum atomic E-state index is -2.84. The molecule has 1 N–H and O–H groups in total. The maximum Gasteiger partial charge on any atom is 0.324 e. The molecule has 4 heterocycles. The van der Waals surface area contributed by atoms with Crippen LogP contribution in [0.5, 0.6) is 0 Å². The summed E-state index contributed by atoms with van der Waals surface area (Å²) in [6.07, 6.45) is 0.705. The Morgan fingerprint density at radius 2 is 1.89 bits per heavy atom. The molecular formula is C25H27F2N7O3. The smallest absolute Gasteiger partial charge is 0.324 e. The van der Waals surface area contributed by atoms with E-state index in [2.05, 4.69) is 20.1 Å². The fourth-order valence-corrected chi connectivity index (χ4v) is 4.36. The first kappa shape index (κ1) is 24.8. The van der Waals surface area contributed by atoms with Crippen molar-refractivity contribution in [2.24, 2.45) is 0 Å². The van der Waals surface area contributed by atoms with Crippen molar-refractivity contribution in [2.45, 2.75) is 25.9 Å². The Hall–Kier alpha value is -3.90. The molecule has 0 radical (unpaired) electrons. The van der Waals surface area contributed by atoms with Crippen LogP contribution in [0.15, 0.2) is 59.3 Å². The number of rotatable bonds is 7. The number of halogens is 2. The zero-order valence-corrected chi connectivity index (χ0v) is 20.2. The van der Waals surface area contributed by atoms with Crippen LogP contribution >= 0.6 is 0 Å². The van der Waals surface area contributed by atoms with Crippen LogP contribution in [0.25, 0.3) is 17.1 Å². The Bertz CT molecular complexity index is 1350. The zero-order chi connectivity index (χ0) is 25.9. The van der Waals surface area contributed by atoms with Gasteiger partial charge in [-0.2, -0.15) is 8.78 Å². The second kappa shape index (κ2) is 10.6. The van der Waals surface area contributed by atoms with E-state index in [4.69, 9.17) is 4.42 Å². The molecule has 37 heavy (non-hydrogen) atoms.